The van der Waals surface area contributed by atoms with E-state index in [1.807, 2.05) is 4.90 Å². The van der Waals surface area contributed by atoms with Crippen molar-refractivity contribution in [3.05, 3.63) is 29.3 Å². The number of nitrogens with zero attached hydrogens (tertiary/aromatic N) is 2. The lowest BCUT2D eigenvalue weighted by molar-refractivity contribution is 0.357. The Morgan fingerprint density at radius 2 is 1.68 bits per heavy atom. The fourth-order valence-electron chi connectivity index (χ4n) is 3.47. The summed E-state index contributed by atoms with van der Waals surface area (Å²) in [5, 5.41) is 0.638. The van der Waals surface area contributed by atoms with Crippen molar-refractivity contribution in [1.29, 1.82) is 0 Å². The van der Waals surface area contributed by atoms with Gasteiger partial charge in [-0.25, -0.2) is 21.8 Å². The number of halogens is 1. The Bertz CT molecular complexity index is 1050. The minimum atomic E-state index is -3.98. The van der Waals surface area contributed by atoms with E-state index in [-0.39, 0.29) is 20.0 Å². The minimum Gasteiger partial charge on any atom is -0.360 e. The molecule has 2 heterocycles. The van der Waals surface area contributed by atoms with Gasteiger partial charge in [-0.15, -0.1) is 0 Å². The van der Waals surface area contributed by atoms with Gasteiger partial charge in [-0.05, 0) is 42.5 Å². The van der Waals surface area contributed by atoms with Gasteiger partial charge in [0.15, 0.2) is 5.03 Å². The van der Waals surface area contributed by atoms with Gasteiger partial charge in [0.05, 0.1) is 10.6 Å². The summed E-state index contributed by atoms with van der Waals surface area (Å²) in [6.07, 6.45) is 1.05. The van der Waals surface area contributed by atoms with Crippen LogP contribution >= 0.6 is 22.9 Å². The molecule has 28 heavy (non-hydrogen) atoms. The fourth-order valence-corrected chi connectivity index (χ4v) is 7.74. The normalized spacial score (nSPS) is 21.1. The zero-order valence-electron chi connectivity index (χ0n) is 15.9. The topological polar surface area (TPSA) is 84.4 Å². The molecule has 0 radical (unpaired) electrons. The molecule has 0 amide bonds. The van der Waals surface area contributed by atoms with E-state index < -0.39 is 19.7 Å². The molecule has 0 N–H and O–H groups in total. The van der Waals surface area contributed by atoms with Crippen LogP contribution in [0.4, 0.5) is 5.00 Å². The van der Waals surface area contributed by atoms with Gasteiger partial charge in [0.25, 0.3) is 0 Å². The van der Waals surface area contributed by atoms with Crippen molar-refractivity contribution >= 4 is 47.6 Å². The highest BCUT2D eigenvalue weighted by Crippen LogP contribution is 2.40. The summed E-state index contributed by atoms with van der Waals surface area (Å²) in [6, 6.07) is 5.82. The summed E-state index contributed by atoms with van der Waals surface area (Å²) in [5.41, 5.74) is 0. The predicted octanol–water partition coefficient (Wildman–Crippen LogP) is 3.91. The first-order valence-electron chi connectivity index (χ1n) is 9.03. The minimum absolute atomic E-state index is 0.0435. The maximum absolute atomic E-state index is 13.3. The van der Waals surface area contributed by atoms with Crippen LogP contribution < -0.4 is 4.90 Å². The lowest BCUT2D eigenvalue weighted by Gasteiger charge is -2.35. The Balaban J connectivity index is 2.17. The third-order valence-electron chi connectivity index (χ3n) is 4.74. The highest BCUT2D eigenvalue weighted by Gasteiger charge is 2.34. The van der Waals surface area contributed by atoms with E-state index in [0.717, 1.165) is 17.8 Å². The quantitative estimate of drug-likeness (QED) is 0.669. The number of rotatable bonds is 5. The number of hydrogen-bond donors (Lipinski definition) is 0. The molecular formula is C18H23ClN2O4S3. The third-order valence-corrected chi connectivity index (χ3v) is 10.1. The van der Waals surface area contributed by atoms with Crippen LogP contribution in [0.15, 0.2) is 38.5 Å². The average Bonchev–Trinajstić information content (AvgIpc) is 3.08. The molecule has 1 aliphatic rings. The molecule has 1 aliphatic heterocycles. The molecule has 2 aromatic rings. The fraction of sp³-hybridized carbons (Fsp3) is 0.500. The molecule has 1 saturated heterocycles. The first-order chi connectivity index (χ1) is 13.0. The van der Waals surface area contributed by atoms with Crippen molar-refractivity contribution in [2.75, 3.05) is 23.7 Å². The first-order valence-corrected chi connectivity index (χ1v) is 13.4. The third kappa shape index (κ3) is 4.22. The molecule has 3 rings (SSSR count). The summed E-state index contributed by atoms with van der Waals surface area (Å²) in [6.45, 7) is 7.08. The van der Waals surface area contributed by atoms with Gasteiger partial charge in [0, 0.05) is 18.1 Å². The lowest BCUT2D eigenvalue weighted by Crippen LogP contribution is -2.38. The number of thiazole rings is 1. The summed E-state index contributed by atoms with van der Waals surface area (Å²) in [7, 11) is -7.60. The number of sulfone groups is 2. The van der Waals surface area contributed by atoms with Crippen molar-refractivity contribution in [3.8, 4) is 0 Å². The highest BCUT2D eigenvalue weighted by molar-refractivity contribution is 7.94. The van der Waals surface area contributed by atoms with Gasteiger partial charge < -0.3 is 4.90 Å². The van der Waals surface area contributed by atoms with Gasteiger partial charge in [0.1, 0.15) is 5.00 Å². The molecule has 0 saturated carbocycles. The zero-order chi connectivity index (χ0) is 20.7. The summed E-state index contributed by atoms with van der Waals surface area (Å²) in [5.74, 6) is 0.624. The second-order valence-electron chi connectivity index (χ2n) is 7.30. The zero-order valence-corrected chi connectivity index (χ0v) is 19.1. The van der Waals surface area contributed by atoms with Crippen LogP contribution in [0.5, 0.6) is 0 Å². The van der Waals surface area contributed by atoms with Gasteiger partial charge in [-0.3, -0.25) is 0 Å². The maximum atomic E-state index is 13.3. The Morgan fingerprint density at radius 3 is 2.21 bits per heavy atom. The number of benzene rings is 1. The van der Waals surface area contributed by atoms with Gasteiger partial charge >= 0.3 is 0 Å². The number of aromatic nitrogens is 1. The average molecular weight is 463 g/mol. The summed E-state index contributed by atoms with van der Waals surface area (Å²) < 4.78 is 51.2. The molecule has 10 heteroatoms. The Kier molecular flexibility index (Phi) is 6.10. The monoisotopic (exact) mass is 462 g/mol. The molecule has 154 valence electrons. The Morgan fingerprint density at radius 1 is 1.11 bits per heavy atom. The van der Waals surface area contributed by atoms with E-state index in [9.17, 15) is 16.8 Å². The predicted molar refractivity (Wildman–Crippen MR) is 112 cm³/mol. The van der Waals surface area contributed by atoms with Gasteiger partial charge in [0.2, 0.25) is 24.0 Å². The molecule has 1 aromatic heterocycles. The Labute approximate surface area is 175 Å². The van der Waals surface area contributed by atoms with Crippen LogP contribution in [0.1, 0.15) is 27.2 Å². The van der Waals surface area contributed by atoms with E-state index in [2.05, 4.69) is 18.8 Å². The second kappa shape index (κ2) is 7.93. The molecule has 0 unspecified atom stereocenters. The number of hydrogen-bond acceptors (Lipinski definition) is 7. The molecule has 0 bridgehead atoms. The second-order valence-corrected chi connectivity index (χ2v) is 13.0. The van der Waals surface area contributed by atoms with Crippen molar-refractivity contribution in [2.24, 2.45) is 11.8 Å². The molecular weight excluding hydrogens is 440 g/mol. The smallest absolute Gasteiger partial charge is 0.226 e. The summed E-state index contributed by atoms with van der Waals surface area (Å²) >= 11 is 6.83. The van der Waals surface area contributed by atoms with E-state index in [1.54, 1.807) is 0 Å². The summed E-state index contributed by atoms with van der Waals surface area (Å²) in [4.78, 5) is 6.13. The van der Waals surface area contributed by atoms with Crippen LogP contribution in [0, 0.1) is 11.8 Å². The standard InChI is InChI=1S/C18H23ClN2O4S3/c1-4-27(22,23)18-20-16(28(24,25)15-7-5-14(19)6-8-15)17(26-18)21-10-12(2)9-13(3)11-21/h5-8,12-13H,4,9-11H2,1-3H3/t12-,13+. The molecule has 2 atom stereocenters. The van der Waals surface area contributed by atoms with Gasteiger partial charge in [-0.1, -0.05) is 43.7 Å². The molecule has 0 spiro atoms. The van der Waals surface area contributed by atoms with E-state index in [1.165, 1.54) is 31.2 Å². The van der Waals surface area contributed by atoms with Crippen LogP contribution in [0.2, 0.25) is 5.02 Å². The number of piperidine rings is 1. The maximum Gasteiger partial charge on any atom is 0.226 e. The van der Waals surface area contributed by atoms with Crippen molar-refractivity contribution in [2.45, 2.75) is 41.5 Å². The Hall–Kier alpha value is -1.16. The molecule has 6 nitrogen and oxygen atoms in total. The molecule has 1 fully saturated rings. The van der Waals surface area contributed by atoms with Crippen LogP contribution in [-0.4, -0.2) is 40.7 Å². The first kappa shape index (κ1) is 21.5. The molecule has 1 aromatic carbocycles. The van der Waals surface area contributed by atoms with E-state index in [0.29, 0.717) is 34.9 Å². The number of anilines is 1. The van der Waals surface area contributed by atoms with Crippen molar-refractivity contribution in [3.63, 3.8) is 0 Å². The van der Waals surface area contributed by atoms with E-state index in [4.69, 9.17) is 11.6 Å². The van der Waals surface area contributed by atoms with Crippen LogP contribution in [-0.2, 0) is 19.7 Å². The van der Waals surface area contributed by atoms with Crippen molar-refractivity contribution in [1.82, 2.24) is 4.98 Å². The van der Waals surface area contributed by atoms with Gasteiger partial charge in [-0.2, -0.15) is 0 Å². The lowest BCUT2D eigenvalue weighted by atomic mass is 9.92. The SMILES string of the molecule is CCS(=O)(=O)c1nc(S(=O)(=O)c2ccc(Cl)cc2)c(N2C[C@H](C)C[C@H](C)C2)s1. The van der Waals surface area contributed by atoms with Crippen LogP contribution in [0.25, 0.3) is 0 Å². The largest absolute Gasteiger partial charge is 0.360 e. The van der Waals surface area contributed by atoms with Crippen molar-refractivity contribution < 1.29 is 16.8 Å². The highest BCUT2D eigenvalue weighted by atomic mass is 35.5. The van der Waals surface area contributed by atoms with Crippen LogP contribution in [0.3, 0.4) is 0 Å². The molecule has 0 aliphatic carbocycles. The van der Waals surface area contributed by atoms with E-state index >= 15 is 0 Å².